The second kappa shape index (κ2) is 9.96. The third kappa shape index (κ3) is 5.87. The maximum absolute atomic E-state index is 11.9. The summed E-state index contributed by atoms with van der Waals surface area (Å²) in [6.07, 6.45) is 0.314. The second-order valence-electron chi connectivity index (χ2n) is 5.62. The smallest absolute Gasteiger partial charge is 0.223 e. The molecule has 3 N–H and O–H groups in total. The molecule has 0 aliphatic heterocycles. The highest BCUT2D eigenvalue weighted by atomic mass is 35.5. The van der Waals surface area contributed by atoms with Gasteiger partial charge in [-0.3, -0.25) is 4.79 Å². The molecule has 0 aliphatic carbocycles. The Morgan fingerprint density at radius 2 is 1.83 bits per heavy atom. The largest absolute Gasteiger partial charge is 0.493 e. The van der Waals surface area contributed by atoms with Gasteiger partial charge >= 0.3 is 0 Å². The van der Waals surface area contributed by atoms with E-state index < -0.39 is 0 Å². The van der Waals surface area contributed by atoms with Crippen LogP contribution >= 0.6 is 12.4 Å². The number of carbonyl (C=O) groups excluding carboxylic acids is 1. The first kappa shape index (κ1) is 20.0. The minimum Gasteiger partial charge on any atom is -0.493 e. The highest BCUT2D eigenvalue weighted by Gasteiger charge is 2.08. The Morgan fingerprint density at radius 1 is 1.12 bits per heavy atom. The van der Waals surface area contributed by atoms with Crippen LogP contribution in [0.1, 0.15) is 29.2 Å². The first-order chi connectivity index (χ1) is 11.1. The van der Waals surface area contributed by atoms with Crippen molar-refractivity contribution in [2.24, 2.45) is 5.73 Å². The zero-order valence-corrected chi connectivity index (χ0v) is 14.9. The summed E-state index contributed by atoms with van der Waals surface area (Å²) in [5.41, 5.74) is 9.36. The standard InChI is InChI=1S/C19H24N2O2.ClH/c1-14-7-6-10-18(15(14)2)23-12-11-19(22)21-13-17(20)16-8-4-3-5-9-16;/h3-10,17H,11-13,20H2,1-2H3,(H,21,22);1H. The first-order valence-corrected chi connectivity index (χ1v) is 7.84. The van der Waals surface area contributed by atoms with Crippen LogP contribution in [-0.4, -0.2) is 19.1 Å². The van der Waals surface area contributed by atoms with Crippen molar-refractivity contribution in [3.05, 3.63) is 65.2 Å². The molecule has 2 rings (SSSR count). The van der Waals surface area contributed by atoms with E-state index in [0.717, 1.165) is 16.9 Å². The summed E-state index contributed by atoms with van der Waals surface area (Å²) in [7, 11) is 0. The Hall–Kier alpha value is -2.04. The lowest BCUT2D eigenvalue weighted by Crippen LogP contribution is -2.32. The summed E-state index contributed by atoms with van der Waals surface area (Å²) in [5.74, 6) is 0.778. The van der Waals surface area contributed by atoms with Gasteiger partial charge in [0.1, 0.15) is 5.75 Å². The lowest BCUT2D eigenvalue weighted by molar-refractivity contribution is -0.121. The Labute approximate surface area is 149 Å². The van der Waals surface area contributed by atoms with Crippen LogP contribution in [-0.2, 0) is 4.79 Å². The molecule has 2 aromatic rings. The molecule has 130 valence electrons. The van der Waals surface area contributed by atoms with Crippen molar-refractivity contribution in [3.63, 3.8) is 0 Å². The van der Waals surface area contributed by atoms with Gasteiger partial charge in [-0.1, -0.05) is 42.5 Å². The van der Waals surface area contributed by atoms with Gasteiger partial charge in [0, 0.05) is 12.6 Å². The van der Waals surface area contributed by atoms with E-state index in [2.05, 4.69) is 5.32 Å². The number of ether oxygens (including phenoxy) is 1. The normalized spacial score (nSPS) is 11.3. The number of aryl methyl sites for hydroxylation is 1. The molecule has 0 bridgehead atoms. The molecule has 4 nitrogen and oxygen atoms in total. The minimum atomic E-state index is -0.194. The van der Waals surface area contributed by atoms with E-state index in [1.54, 1.807) is 0 Å². The van der Waals surface area contributed by atoms with E-state index in [1.165, 1.54) is 5.56 Å². The van der Waals surface area contributed by atoms with Gasteiger partial charge in [0.15, 0.2) is 0 Å². The molecule has 5 heteroatoms. The number of carbonyl (C=O) groups is 1. The van der Waals surface area contributed by atoms with E-state index in [-0.39, 0.29) is 24.4 Å². The Kier molecular flexibility index (Phi) is 8.30. The van der Waals surface area contributed by atoms with Crippen molar-refractivity contribution in [2.45, 2.75) is 26.3 Å². The summed E-state index contributed by atoms with van der Waals surface area (Å²) < 4.78 is 5.69. The summed E-state index contributed by atoms with van der Waals surface area (Å²) in [6, 6.07) is 15.5. The van der Waals surface area contributed by atoms with Crippen LogP contribution in [0, 0.1) is 13.8 Å². The Morgan fingerprint density at radius 3 is 2.54 bits per heavy atom. The Balaban J connectivity index is 0.00000288. The number of rotatable bonds is 7. The highest BCUT2D eigenvalue weighted by Crippen LogP contribution is 2.20. The molecule has 0 saturated carbocycles. The van der Waals surface area contributed by atoms with E-state index >= 15 is 0 Å². The van der Waals surface area contributed by atoms with E-state index in [1.807, 2.05) is 62.4 Å². The molecule has 1 atom stereocenters. The van der Waals surface area contributed by atoms with Crippen LogP contribution in [0.25, 0.3) is 0 Å². The van der Waals surface area contributed by atoms with Crippen molar-refractivity contribution >= 4 is 18.3 Å². The average Bonchev–Trinajstić information content (AvgIpc) is 2.57. The molecule has 0 aromatic heterocycles. The summed E-state index contributed by atoms with van der Waals surface area (Å²) in [4.78, 5) is 11.9. The fraction of sp³-hybridized carbons (Fsp3) is 0.316. The van der Waals surface area contributed by atoms with E-state index in [4.69, 9.17) is 10.5 Å². The van der Waals surface area contributed by atoms with Crippen LogP contribution in [0.2, 0.25) is 0 Å². The van der Waals surface area contributed by atoms with Crippen molar-refractivity contribution < 1.29 is 9.53 Å². The molecule has 0 saturated heterocycles. The van der Waals surface area contributed by atoms with Gasteiger partial charge in [0.05, 0.1) is 13.0 Å². The second-order valence-corrected chi connectivity index (χ2v) is 5.62. The zero-order valence-electron chi connectivity index (χ0n) is 14.1. The maximum atomic E-state index is 11.9. The molecule has 1 unspecified atom stereocenters. The highest BCUT2D eigenvalue weighted by molar-refractivity contribution is 5.85. The number of nitrogens with one attached hydrogen (secondary N) is 1. The third-order valence-electron chi connectivity index (χ3n) is 3.89. The molecule has 24 heavy (non-hydrogen) atoms. The van der Waals surface area contributed by atoms with Crippen molar-refractivity contribution in [2.75, 3.05) is 13.2 Å². The lowest BCUT2D eigenvalue weighted by Gasteiger charge is -2.14. The number of hydrogen-bond donors (Lipinski definition) is 2. The quantitative estimate of drug-likeness (QED) is 0.806. The fourth-order valence-electron chi connectivity index (χ4n) is 2.26. The number of amides is 1. The van der Waals surface area contributed by atoms with Gasteiger partial charge in [-0.15, -0.1) is 12.4 Å². The molecule has 0 spiro atoms. The average molecular weight is 349 g/mol. The van der Waals surface area contributed by atoms with Crippen LogP contribution < -0.4 is 15.8 Å². The molecule has 0 radical (unpaired) electrons. The number of benzene rings is 2. The fourth-order valence-corrected chi connectivity index (χ4v) is 2.26. The van der Waals surface area contributed by atoms with Crippen LogP contribution in [0.4, 0.5) is 0 Å². The van der Waals surface area contributed by atoms with Gasteiger partial charge in [-0.25, -0.2) is 0 Å². The van der Waals surface area contributed by atoms with E-state index in [0.29, 0.717) is 19.6 Å². The summed E-state index contributed by atoms with van der Waals surface area (Å²) >= 11 is 0. The molecule has 0 heterocycles. The van der Waals surface area contributed by atoms with E-state index in [9.17, 15) is 4.79 Å². The maximum Gasteiger partial charge on any atom is 0.223 e. The molecule has 0 aliphatic rings. The molecule has 1 amide bonds. The number of nitrogens with two attached hydrogens (primary N) is 1. The topological polar surface area (TPSA) is 64.3 Å². The predicted octanol–water partition coefficient (Wildman–Crippen LogP) is 3.31. The van der Waals surface area contributed by atoms with Crippen molar-refractivity contribution in [1.82, 2.24) is 5.32 Å². The molecule has 0 fully saturated rings. The van der Waals surface area contributed by atoms with Crippen LogP contribution in [0.15, 0.2) is 48.5 Å². The Bertz CT molecular complexity index is 647. The number of halogens is 1. The van der Waals surface area contributed by atoms with Gasteiger partial charge in [-0.05, 0) is 36.6 Å². The number of hydrogen-bond acceptors (Lipinski definition) is 3. The van der Waals surface area contributed by atoms with Gasteiger partial charge < -0.3 is 15.8 Å². The predicted molar refractivity (Wildman–Crippen MR) is 99.7 cm³/mol. The lowest BCUT2D eigenvalue weighted by atomic mass is 10.1. The van der Waals surface area contributed by atoms with Gasteiger partial charge in [-0.2, -0.15) is 0 Å². The minimum absolute atomic E-state index is 0. The van der Waals surface area contributed by atoms with Gasteiger partial charge in [0.2, 0.25) is 5.91 Å². The van der Waals surface area contributed by atoms with Crippen molar-refractivity contribution in [3.8, 4) is 5.75 Å². The third-order valence-corrected chi connectivity index (χ3v) is 3.89. The zero-order chi connectivity index (χ0) is 16.7. The monoisotopic (exact) mass is 348 g/mol. The van der Waals surface area contributed by atoms with Crippen LogP contribution in [0.5, 0.6) is 5.75 Å². The van der Waals surface area contributed by atoms with Gasteiger partial charge in [0.25, 0.3) is 0 Å². The summed E-state index contributed by atoms with van der Waals surface area (Å²) in [5, 5.41) is 2.85. The summed E-state index contributed by atoms with van der Waals surface area (Å²) in [6.45, 7) is 4.84. The van der Waals surface area contributed by atoms with Crippen molar-refractivity contribution in [1.29, 1.82) is 0 Å². The SMILES string of the molecule is Cc1cccc(OCCC(=O)NCC(N)c2ccccc2)c1C.Cl. The first-order valence-electron chi connectivity index (χ1n) is 7.84. The molecular weight excluding hydrogens is 324 g/mol. The molecular formula is C19H25ClN2O2. The molecule has 2 aromatic carbocycles. The van der Waals surface area contributed by atoms with Crippen LogP contribution in [0.3, 0.4) is 0 Å².